The van der Waals surface area contributed by atoms with Gasteiger partial charge in [0.1, 0.15) is 0 Å². The van der Waals surface area contributed by atoms with Crippen LogP contribution in [0, 0.1) is 0 Å². The van der Waals surface area contributed by atoms with E-state index in [0.717, 1.165) is 4.90 Å². The number of alkyl halides is 6. The Morgan fingerprint density at radius 3 is 1.71 bits per heavy atom. The van der Waals surface area contributed by atoms with E-state index in [1.165, 1.54) is 20.9 Å². The number of hydrogen-bond donors (Lipinski definition) is 1. The maximum Gasteiger partial charge on any atom is 0.418 e. The standard InChI is InChI=1S/C9H15F6NO/c1-6(2)16(3)5-7(17,9(13,14)15)4-8(10,11)12/h6,17H,4-5H2,1-3H3. The predicted molar refractivity (Wildman–Crippen MR) is 49.4 cm³/mol. The van der Waals surface area contributed by atoms with E-state index in [9.17, 15) is 31.4 Å². The lowest BCUT2D eigenvalue weighted by atomic mass is 9.97. The molecule has 1 atom stereocenters. The molecule has 0 spiro atoms. The molecular formula is C9H15F6NO. The van der Waals surface area contributed by atoms with Crippen LogP contribution in [0.2, 0.25) is 0 Å². The molecule has 1 unspecified atom stereocenters. The fourth-order valence-electron chi connectivity index (χ4n) is 1.17. The van der Waals surface area contributed by atoms with Crippen LogP contribution in [0.1, 0.15) is 20.3 Å². The van der Waals surface area contributed by atoms with Gasteiger partial charge in [-0.05, 0) is 20.9 Å². The molecule has 0 bridgehead atoms. The molecule has 0 fully saturated rings. The average molecular weight is 267 g/mol. The van der Waals surface area contributed by atoms with Gasteiger partial charge in [-0.3, -0.25) is 0 Å². The Balaban J connectivity index is 5.00. The van der Waals surface area contributed by atoms with Crippen molar-refractivity contribution in [3.63, 3.8) is 0 Å². The highest BCUT2D eigenvalue weighted by molar-refractivity contribution is 4.92. The van der Waals surface area contributed by atoms with Crippen LogP contribution < -0.4 is 0 Å². The summed E-state index contributed by atoms with van der Waals surface area (Å²) >= 11 is 0. The summed E-state index contributed by atoms with van der Waals surface area (Å²) in [6.45, 7) is 1.92. The van der Waals surface area contributed by atoms with Gasteiger partial charge in [0, 0.05) is 12.6 Å². The molecule has 104 valence electrons. The van der Waals surface area contributed by atoms with Crippen molar-refractivity contribution in [1.29, 1.82) is 0 Å². The highest BCUT2D eigenvalue weighted by Crippen LogP contribution is 2.39. The first-order valence-corrected chi connectivity index (χ1v) is 4.84. The molecule has 8 heteroatoms. The summed E-state index contributed by atoms with van der Waals surface area (Å²) < 4.78 is 73.6. The van der Waals surface area contributed by atoms with E-state index in [0.29, 0.717) is 0 Å². The first-order chi connectivity index (χ1) is 7.28. The highest BCUT2D eigenvalue weighted by Gasteiger charge is 2.59. The maximum absolute atomic E-state index is 12.5. The van der Waals surface area contributed by atoms with Gasteiger partial charge < -0.3 is 10.0 Å². The summed E-state index contributed by atoms with van der Waals surface area (Å²) in [5.41, 5.74) is -3.77. The molecule has 0 aromatic heterocycles. The predicted octanol–water partition coefficient (Wildman–Crippen LogP) is 2.57. The Bertz CT molecular complexity index is 249. The number of hydrogen-bond acceptors (Lipinski definition) is 2. The maximum atomic E-state index is 12.5. The van der Waals surface area contributed by atoms with Crippen LogP contribution in [0.15, 0.2) is 0 Å². The van der Waals surface area contributed by atoms with Gasteiger partial charge in [-0.15, -0.1) is 0 Å². The second-order valence-corrected chi connectivity index (χ2v) is 4.33. The molecule has 0 heterocycles. The van der Waals surface area contributed by atoms with E-state index in [2.05, 4.69) is 0 Å². The Morgan fingerprint density at radius 2 is 1.47 bits per heavy atom. The van der Waals surface area contributed by atoms with Crippen LogP contribution in [0.3, 0.4) is 0 Å². The zero-order valence-corrected chi connectivity index (χ0v) is 9.65. The van der Waals surface area contributed by atoms with Gasteiger partial charge in [0.25, 0.3) is 0 Å². The molecule has 0 aliphatic carbocycles. The lowest BCUT2D eigenvalue weighted by molar-refractivity contribution is -0.297. The van der Waals surface area contributed by atoms with Crippen molar-refractivity contribution in [3.05, 3.63) is 0 Å². The molecular weight excluding hydrogens is 252 g/mol. The van der Waals surface area contributed by atoms with E-state index in [-0.39, 0.29) is 0 Å². The van der Waals surface area contributed by atoms with Gasteiger partial charge >= 0.3 is 12.4 Å². The van der Waals surface area contributed by atoms with E-state index < -0.39 is 37.0 Å². The molecule has 0 radical (unpaired) electrons. The molecule has 1 N–H and O–H groups in total. The van der Waals surface area contributed by atoms with Crippen molar-refractivity contribution in [2.24, 2.45) is 0 Å². The first-order valence-electron chi connectivity index (χ1n) is 4.84. The van der Waals surface area contributed by atoms with Crippen molar-refractivity contribution < 1.29 is 31.4 Å². The van der Waals surface area contributed by atoms with Crippen molar-refractivity contribution in [2.75, 3.05) is 13.6 Å². The SMILES string of the molecule is CC(C)N(C)CC(O)(CC(F)(F)F)C(F)(F)F. The van der Waals surface area contributed by atoms with Crippen LogP contribution in [0.4, 0.5) is 26.3 Å². The zero-order valence-electron chi connectivity index (χ0n) is 9.65. The molecule has 2 nitrogen and oxygen atoms in total. The molecule has 0 saturated heterocycles. The third-order valence-corrected chi connectivity index (χ3v) is 2.41. The number of likely N-dealkylation sites (N-methyl/N-ethyl adjacent to an activating group) is 1. The van der Waals surface area contributed by atoms with Crippen LogP contribution in [0.5, 0.6) is 0 Å². The third kappa shape index (κ3) is 5.12. The second kappa shape index (κ2) is 5.01. The Labute approximate surface area is 95.2 Å². The highest BCUT2D eigenvalue weighted by atomic mass is 19.4. The minimum absolute atomic E-state index is 0.405. The van der Waals surface area contributed by atoms with E-state index in [4.69, 9.17) is 0 Å². The minimum atomic E-state index is -5.33. The van der Waals surface area contributed by atoms with Gasteiger partial charge in [0.2, 0.25) is 0 Å². The Hall–Kier alpha value is -0.500. The van der Waals surface area contributed by atoms with Gasteiger partial charge in [-0.1, -0.05) is 0 Å². The lowest BCUT2D eigenvalue weighted by Crippen LogP contribution is -2.56. The molecule has 0 aliphatic rings. The van der Waals surface area contributed by atoms with Crippen LogP contribution in [0.25, 0.3) is 0 Å². The smallest absolute Gasteiger partial charge is 0.379 e. The van der Waals surface area contributed by atoms with Crippen LogP contribution in [-0.2, 0) is 0 Å². The molecule has 0 amide bonds. The third-order valence-electron chi connectivity index (χ3n) is 2.41. The second-order valence-electron chi connectivity index (χ2n) is 4.33. The van der Waals surface area contributed by atoms with Crippen LogP contribution >= 0.6 is 0 Å². The molecule has 0 saturated carbocycles. The monoisotopic (exact) mass is 267 g/mol. The molecule has 0 rings (SSSR count). The number of rotatable bonds is 4. The summed E-state index contributed by atoms with van der Waals surface area (Å²) in [5.74, 6) is 0. The fourth-order valence-corrected chi connectivity index (χ4v) is 1.17. The molecule has 0 aromatic carbocycles. The summed E-state index contributed by atoms with van der Waals surface area (Å²) in [6, 6.07) is -0.405. The Morgan fingerprint density at radius 1 is 1.06 bits per heavy atom. The van der Waals surface area contributed by atoms with E-state index in [1.54, 1.807) is 0 Å². The van der Waals surface area contributed by atoms with E-state index >= 15 is 0 Å². The van der Waals surface area contributed by atoms with Gasteiger partial charge in [0.05, 0.1) is 6.42 Å². The van der Waals surface area contributed by atoms with Gasteiger partial charge in [0.15, 0.2) is 5.60 Å². The van der Waals surface area contributed by atoms with Crippen LogP contribution in [-0.4, -0.2) is 47.6 Å². The molecule has 0 aliphatic heterocycles. The van der Waals surface area contributed by atoms with Crippen molar-refractivity contribution >= 4 is 0 Å². The summed E-state index contributed by atoms with van der Waals surface area (Å²) in [6.07, 6.45) is -12.7. The zero-order chi connectivity index (χ0) is 14.1. The number of aliphatic hydroxyl groups is 1. The Kier molecular flexibility index (Phi) is 4.86. The van der Waals surface area contributed by atoms with Gasteiger partial charge in [-0.2, -0.15) is 26.3 Å². The van der Waals surface area contributed by atoms with Gasteiger partial charge in [-0.25, -0.2) is 0 Å². The lowest BCUT2D eigenvalue weighted by Gasteiger charge is -2.36. The normalized spacial score (nSPS) is 17.6. The largest absolute Gasteiger partial charge is 0.418 e. The molecule has 0 aromatic rings. The van der Waals surface area contributed by atoms with E-state index in [1.807, 2.05) is 0 Å². The summed E-state index contributed by atoms with van der Waals surface area (Å²) in [7, 11) is 1.22. The van der Waals surface area contributed by atoms with Crippen molar-refractivity contribution in [3.8, 4) is 0 Å². The number of nitrogens with zero attached hydrogens (tertiary/aromatic N) is 1. The van der Waals surface area contributed by atoms with Crippen molar-refractivity contribution in [2.45, 2.75) is 44.3 Å². The quantitative estimate of drug-likeness (QED) is 0.791. The first kappa shape index (κ1) is 16.5. The summed E-state index contributed by atoms with van der Waals surface area (Å²) in [5, 5.41) is 9.22. The average Bonchev–Trinajstić information content (AvgIpc) is 1.97. The summed E-state index contributed by atoms with van der Waals surface area (Å²) in [4.78, 5) is 1.01. The van der Waals surface area contributed by atoms with Crippen molar-refractivity contribution in [1.82, 2.24) is 4.90 Å². The number of halogens is 6. The molecule has 17 heavy (non-hydrogen) atoms. The minimum Gasteiger partial charge on any atom is -0.379 e. The fraction of sp³-hybridized carbons (Fsp3) is 1.00. The topological polar surface area (TPSA) is 23.5 Å².